The first-order chi connectivity index (χ1) is 21.7. The minimum atomic E-state index is -0.271. The first-order valence-corrected chi connectivity index (χ1v) is 15.9. The monoisotopic (exact) mass is 646 g/mol. The number of carbonyl (C=O) groups is 3. The summed E-state index contributed by atoms with van der Waals surface area (Å²) < 4.78 is 5.41. The molecular weight excluding hydrogens is 611 g/mol. The number of amides is 3. The van der Waals surface area contributed by atoms with Crippen molar-refractivity contribution in [3.63, 3.8) is 0 Å². The number of halogens is 2. The van der Waals surface area contributed by atoms with Crippen molar-refractivity contribution in [2.75, 3.05) is 33.3 Å². The number of methoxy groups -OCH3 is 1. The van der Waals surface area contributed by atoms with Crippen LogP contribution in [0.1, 0.15) is 59.2 Å². The molecule has 2 unspecified atom stereocenters. The Morgan fingerprint density at radius 3 is 2.24 bits per heavy atom. The van der Waals surface area contributed by atoms with E-state index in [1.165, 1.54) is 0 Å². The molecule has 5 rings (SSSR count). The fourth-order valence-corrected chi connectivity index (χ4v) is 6.64. The number of nitrogens with zero attached hydrogens (tertiary/aromatic N) is 3. The van der Waals surface area contributed by atoms with Crippen LogP contribution in [0.4, 0.5) is 0 Å². The third-order valence-electron chi connectivity index (χ3n) is 8.90. The molecule has 0 aromatic heterocycles. The summed E-state index contributed by atoms with van der Waals surface area (Å²) in [4.78, 5) is 43.1. The second-order valence-electron chi connectivity index (χ2n) is 11.7. The van der Waals surface area contributed by atoms with Crippen LogP contribution in [-0.2, 0) is 20.9 Å². The van der Waals surface area contributed by atoms with Gasteiger partial charge in [-0.05, 0) is 71.8 Å². The van der Waals surface area contributed by atoms with Crippen molar-refractivity contribution < 1.29 is 19.1 Å². The molecule has 1 N–H and O–H groups in total. The van der Waals surface area contributed by atoms with Crippen LogP contribution in [0.5, 0.6) is 0 Å². The Labute approximate surface area is 273 Å². The number of nitrogens with one attached hydrogen (secondary N) is 1. The third kappa shape index (κ3) is 7.50. The highest BCUT2D eigenvalue weighted by molar-refractivity contribution is 6.42. The highest BCUT2D eigenvalue weighted by Gasteiger charge is 2.37. The topological polar surface area (TPSA) is 103 Å². The maximum Gasteiger partial charge on any atom is 0.251 e. The summed E-state index contributed by atoms with van der Waals surface area (Å²) in [6.07, 6.45) is 1.85. The van der Waals surface area contributed by atoms with Crippen LogP contribution in [0.2, 0.25) is 10.0 Å². The molecular formula is C35H36Cl2N4O4. The number of ether oxygens (including phenoxy) is 1. The predicted molar refractivity (Wildman–Crippen MR) is 174 cm³/mol. The average molecular weight is 648 g/mol. The van der Waals surface area contributed by atoms with E-state index in [0.29, 0.717) is 66.6 Å². The van der Waals surface area contributed by atoms with Crippen LogP contribution in [-0.4, -0.2) is 66.9 Å². The van der Waals surface area contributed by atoms with E-state index < -0.39 is 0 Å². The van der Waals surface area contributed by atoms with E-state index in [0.717, 1.165) is 22.3 Å². The molecule has 3 aromatic carbocycles. The van der Waals surface area contributed by atoms with Gasteiger partial charge in [-0.2, -0.15) is 5.26 Å². The van der Waals surface area contributed by atoms with Gasteiger partial charge >= 0.3 is 0 Å². The van der Waals surface area contributed by atoms with Gasteiger partial charge in [0.2, 0.25) is 11.8 Å². The maximum atomic E-state index is 14.0. The standard InChI is InChI=1S/C35H36Cl2N4O4/c1-22(42)40-14-11-25(12-15-40)35(44)41-16-13-33(30(20-41)27-9-10-31(36)32(37)18-27)39-34(43)29-17-26(7-8-28(29)21-45-2)24-5-3-23(19-38)4-6-24/h3-10,17-18,25,30,33H,11-16,20-21H2,1-2H3,(H,39,43). The number of likely N-dealkylation sites (tertiary alicyclic amines) is 2. The Morgan fingerprint density at radius 2 is 1.60 bits per heavy atom. The highest BCUT2D eigenvalue weighted by Crippen LogP contribution is 2.34. The molecule has 3 amide bonds. The number of rotatable bonds is 7. The number of hydrogen-bond acceptors (Lipinski definition) is 5. The Morgan fingerprint density at radius 1 is 0.911 bits per heavy atom. The zero-order valence-corrected chi connectivity index (χ0v) is 26.9. The molecule has 2 aliphatic rings. The number of nitriles is 1. The molecule has 10 heteroatoms. The molecule has 0 aliphatic carbocycles. The predicted octanol–water partition coefficient (Wildman–Crippen LogP) is 6.05. The fraction of sp³-hybridized carbons (Fsp3) is 0.371. The zero-order chi connectivity index (χ0) is 32.1. The maximum absolute atomic E-state index is 14.0. The summed E-state index contributed by atoms with van der Waals surface area (Å²) in [6, 6.07) is 20.2. The Balaban J connectivity index is 1.39. The van der Waals surface area contributed by atoms with Gasteiger partial charge in [-0.3, -0.25) is 14.4 Å². The van der Waals surface area contributed by atoms with Crippen molar-refractivity contribution >= 4 is 40.9 Å². The van der Waals surface area contributed by atoms with E-state index in [1.807, 2.05) is 47.4 Å². The van der Waals surface area contributed by atoms with E-state index in [9.17, 15) is 19.6 Å². The van der Waals surface area contributed by atoms with Gasteiger partial charge in [0, 0.05) is 63.7 Å². The number of piperidine rings is 2. The first-order valence-electron chi connectivity index (χ1n) is 15.1. The van der Waals surface area contributed by atoms with E-state index in [4.69, 9.17) is 27.9 Å². The average Bonchev–Trinajstić information content (AvgIpc) is 3.06. The van der Waals surface area contributed by atoms with Gasteiger partial charge in [0.25, 0.3) is 5.91 Å². The summed E-state index contributed by atoms with van der Waals surface area (Å²) in [5.74, 6) is -0.461. The largest absolute Gasteiger partial charge is 0.380 e. The summed E-state index contributed by atoms with van der Waals surface area (Å²) in [7, 11) is 1.59. The van der Waals surface area contributed by atoms with Gasteiger partial charge in [-0.25, -0.2) is 0 Å². The van der Waals surface area contributed by atoms with Gasteiger partial charge in [-0.1, -0.05) is 53.5 Å². The summed E-state index contributed by atoms with van der Waals surface area (Å²) in [6.45, 7) is 3.92. The molecule has 0 spiro atoms. The number of carbonyl (C=O) groups excluding carboxylic acids is 3. The van der Waals surface area contributed by atoms with Crippen molar-refractivity contribution in [2.24, 2.45) is 5.92 Å². The van der Waals surface area contributed by atoms with E-state index in [1.54, 1.807) is 37.1 Å². The van der Waals surface area contributed by atoms with E-state index in [2.05, 4.69) is 11.4 Å². The zero-order valence-electron chi connectivity index (χ0n) is 25.4. The lowest BCUT2D eigenvalue weighted by atomic mass is 9.84. The van der Waals surface area contributed by atoms with Crippen LogP contribution in [0.15, 0.2) is 60.7 Å². The molecule has 0 bridgehead atoms. The molecule has 234 valence electrons. The van der Waals surface area contributed by atoms with Crippen molar-refractivity contribution in [1.29, 1.82) is 5.26 Å². The van der Waals surface area contributed by atoms with Gasteiger partial charge in [0.05, 0.1) is 28.3 Å². The fourth-order valence-electron chi connectivity index (χ4n) is 6.34. The Hall–Kier alpha value is -3.90. The van der Waals surface area contributed by atoms with Crippen LogP contribution < -0.4 is 5.32 Å². The molecule has 45 heavy (non-hydrogen) atoms. The molecule has 0 radical (unpaired) electrons. The Kier molecular flexibility index (Phi) is 10.4. The molecule has 2 atom stereocenters. The summed E-state index contributed by atoms with van der Waals surface area (Å²) in [5.41, 5.74) is 4.45. The molecule has 2 heterocycles. The van der Waals surface area contributed by atoms with Crippen LogP contribution in [0.3, 0.4) is 0 Å². The SMILES string of the molecule is COCc1ccc(-c2ccc(C#N)cc2)cc1C(=O)NC1CCN(C(=O)C2CCN(C(C)=O)CC2)CC1c1ccc(Cl)c(Cl)c1. The van der Waals surface area contributed by atoms with Crippen LogP contribution in [0, 0.1) is 17.2 Å². The lowest BCUT2D eigenvalue weighted by molar-refractivity contribution is -0.141. The molecule has 2 fully saturated rings. The second kappa shape index (κ2) is 14.5. The number of hydrogen-bond donors (Lipinski definition) is 1. The molecule has 0 saturated carbocycles. The Bertz CT molecular complexity index is 1610. The minimum Gasteiger partial charge on any atom is -0.380 e. The van der Waals surface area contributed by atoms with E-state index >= 15 is 0 Å². The normalized spacial score (nSPS) is 18.7. The summed E-state index contributed by atoms with van der Waals surface area (Å²) in [5, 5.41) is 13.3. The third-order valence-corrected chi connectivity index (χ3v) is 9.64. The quantitative estimate of drug-likeness (QED) is 0.337. The van der Waals surface area contributed by atoms with Crippen molar-refractivity contribution in [1.82, 2.24) is 15.1 Å². The second-order valence-corrected chi connectivity index (χ2v) is 12.5. The molecule has 2 saturated heterocycles. The van der Waals surface area contributed by atoms with Crippen molar-refractivity contribution in [3.05, 3.63) is 93.0 Å². The smallest absolute Gasteiger partial charge is 0.251 e. The minimum absolute atomic E-state index is 0.0354. The van der Waals surface area contributed by atoms with Gasteiger partial charge in [0.1, 0.15) is 0 Å². The van der Waals surface area contributed by atoms with Crippen LogP contribution >= 0.6 is 23.2 Å². The highest BCUT2D eigenvalue weighted by atomic mass is 35.5. The van der Waals surface area contributed by atoms with Gasteiger partial charge in [-0.15, -0.1) is 0 Å². The summed E-state index contributed by atoms with van der Waals surface area (Å²) >= 11 is 12.7. The van der Waals surface area contributed by atoms with Crippen LogP contribution in [0.25, 0.3) is 11.1 Å². The molecule has 2 aliphatic heterocycles. The lowest BCUT2D eigenvalue weighted by Gasteiger charge is -2.41. The van der Waals surface area contributed by atoms with E-state index in [-0.39, 0.29) is 42.2 Å². The molecule has 3 aromatic rings. The van der Waals surface area contributed by atoms with Crippen molar-refractivity contribution in [2.45, 2.75) is 44.8 Å². The first kappa shape index (κ1) is 32.5. The molecule has 8 nitrogen and oxygen atoms in total. The lowest BCUT2D eigenvalue weighted by Crippen LogP contribution is -2.53. The van der Waals surface area contributed by atoms with Gasteiger partial charge in [0.15, 0.2) is 0 Å². The van der Waals surface area contributed by atoms with Gasteiger partial charge < -0.3 is 19.9 Å². The van der Waals surface area contributed by atoms with Crippen molar-refractivity contribution in [3.8, 4) is 17.2 Å². The number of benzene rings is 3.